The fraction of sp³-hybridized carbons (Fsp3) is 0.875. The molecule has 0 atom stereocenters. The summed E-state index contributed by atoms with van der Waals surface area (Å²) in [5.74, 6) is -0.0674. The molecular weight excluding hydrogens is 415 g/mol. The van der Waals surface area contributed by atoms with E-state index in [4.69, 9.17) is 2.69 Å². The number of hydrogen-bond acceptors (Lipinski definition) is 2. The van der Waals surface area contributed by atoms with E-state index in [-0.39, 0.29) is 5.97 Å². The standard InChI is InChI=1S/C2H3BrO2.3C2H5.Pb/c3-1-2(4)5;3*1-2;/h1H2,(H,4,5);3*1H2,2H3;/q;;;;+1/p-1. The van der Waals surface area contributed by atoms with Crippen LogP contribution < -0.4 is 0 Å². The molecule has 0 aromatic rings. The molecule has 0 unspecified atom stereocenters. The molecule has 72 valence electrons. The minimum atomic E-state index is -2.55. The molecule has 0 aliphatic rings. The van der Waals surface area contributed by atoms with Crippen molar-refractivity contribution in [2.24, 2.45) is 0 Å². The van der Waals surface area contributed by atoms with E-state index < -0.39 is 21.6 Å². The second-order valence-electron chi connectivity index (χ2n) is 2.85. The summed E-state index contributed by atoms with van der Waals surface area (Å²) >= 11 is 0.565. The van der Waals surface area contributed by atoms with Crippen molar-refractivity contribution in [1.82, 2.24) is 0 Å². The molecule has 2 nitrogen and oxygen atoms in total. The van der Waals surface area contributed by atoms with Crippen LogP contribution in [0, 0.1) is 0 Å². The van der Waals surface area contributed by atoms with E-state index in [1.54, 1.807) is 0 Å². The summed E-state index contributed by atoms with van der Waals surface area (Å²) < 4.78 is 8.90. The van der Waals surface area contributed by atoms with E-state index in [0.29, 0.717) is 5.33 Å². The van der Waals surface area contributed by atoms with Gasteiger partial charge in [0.2, 0.25) is 0 Å². The van der Waals surface area contributed by atoms with Crippen LogP contribution in [0.5, 0.6) is 0 Å². The second kappa shape index (κ2) is 6.34. The predicted octanol–water partition coefficient (Wildman–Crippen LogP) is 2.93. The fourth-order valence-electron chi connectivity index (χ4n) is 1.24. The van der Waals surface area contributed by atoms with Gasteiger partial charge in [0, 0.05) is 0 Å². The third-order valence-corrected chi connectivity index (χ3v) is 20.4. The molecule has 0 radical (unpaired) electrons. The Bertz CT molecular complexity index is 138. The third-order valence-electron chi connectivity index (χ3n) is 2.37. The molecule has 0 amide bonds. The average molecular weight is 432 g/mol. The van der Waals surface area contributed by atoms with Crippen LogP contribution in [0.4, 0.5) is 0 Å². The van der Waals surface area contributed by atoms with Gasteiger partial charge < -0.3 is 0 Å². The quantitative estimate of drug-likeness (QED) is 0.494. The zero-order chi connectivity index (χ0) is 9.61. The Labute approximate surface area is 88.5 Å². The van der Waals surface area contributed by atoms with E-state index in [1.165, 1.54) is 0 Å². The Hall–Kier alpha value is 0.872. The molecule has 0 fully saturated rings. The summed E-state index contributed by atoms with van der Waals surface area (Å²) in [6, 6.07) is 0. The van der Waals surface area contributed by atoms with E-state index in [9.17, 15) is 4.79 Å². The Balaban J connectivity index is 4.19. The first-order valence-electron chi connectivity index (χ1n) is 4.42. The molecule has 0 aromatic carbocycles. The molecule has 0 rings (SSSR count). The molecular formula is C8H17BrO2Pb. The summed E-state index contributed by atoms with van der Waals surface area (Å²) in [7, 11) is 0. The van der Waals surface area contributed by atoms with E-state index >= 15 is 0 Å². The van der Waals surface area contributed by atoms with E-state index in [1.807, 2.05) is 0 Å². The Kier molecular flexibility index (Phi) is 6.81. The van der Waals surface area contributed by atoms with Gasteiger partial charge in [-0.25, -0.2) is 0 Å². The van der Waals surface area contributed by atoms with Crippen LogP contribution in [0.1, 0.15) is 20.8 Å². The van der Waals surface area contributed by atoms with Crippen LogP contribution in [0.2, 0.25) is 11.9 Å². The summed E-state index contributed by atoms with van der Waals surface area (Å²) in [6.45, 7) is 6.45. The van der Waals surface area contributed by atoms with Gasteiger partial charge in [0.25, 0.3) is 0 Å². The molecule has 12 heavy (non-hydrogen) atoms. The molecule has 0 saturated carbocycles. The first-order valence-corrected chi connectivity index (χ1v) is 15.4. The number of carbonyl (C=O) groups excluding carboxylic acids is 1. The molecule has 4 heteroatoms. The predicted molar refractivity (Wildman–Crippen MR) is 57.1 cm³/mol. The third kappa shape index (κ3) is 3.72. The van der Waals surface area contributed by atoms with Crippen molar-refractivity contribution in [2.45, 2.75) is 32.7 Å². The molecule has 0 aliphatic heterocycles. The van der Waals surface area contributed by atoms with Crippen molar-refractivity contribution in [3.05, 3.63) is 0 Å². The maximum atomic E-state index is 11.1. The zero-order valence-corrected chi connectivity index (χ0v) is 13.5. The molecule has 0 aliphatic carbocycles. The van der Waals surface area contributed by atoms with Crippen molar-refractivity contribution in [3.8, 4) is 0 Å². The van der Waals surface area contributed by atoms with Crippen LogP contribution in [-0.2, 0) is 7.48 Å². The van der Waals surface area contributed by atoms with Gasteiger partial charge in [0.15, 0.2) is 0 Å². The van der Waals surface area contributed by atoms with Gasteiger partial charge in [0.05, 0.1) is 0 Å². The summed E-state index contributed by atoms with van der Waals surface area (Å²) in [6.07, 6.45) is 0. The van der Waals surface area contributed by atoms with Crippen molar-refractivity contribution >= 4 is 43.5 Å². The number of hydrogen-bond donors (Lipinski definition) is 0. The van der Waals surface area contributed by atoms with Gasteiger partial charge in [-0.2, -0.15) is 0 Å². The van der Waals surface area contributed by atoms with E-state index in [2.05, 4.69) is 36.7 Å². The van der Waals surface area contributed by atoms with E-state index in [0.717, 1.165) is 11.9 Å². The molecule has 0 heterocycles. The Morgan fingerprint density at radius 2 is 1.67 bits per heavy atom. The van der Waals surface area contributed by atoms with Gasteiger partial charge in [0.1, 0.15) is 0 Å². The summed E-state index contributed by atoms with van der Waals surface area (Å²) in [4.78, 5) is 11.1. The van der Waals surface area contributed by atoms with Crippen LogP contribution in [0.25, 0.3) is 0 Å². The monoisotopic (exact) mass is 432 g/mol. The second-order valence-corrected chi connectivity index (χ2v) is 21.7. The first kappa shape index (κ1) is 12.9. The minimum absolute atomic E-state index is 0.0674. The average Bonchev–Trinajstić information content (AvgIpc) is 2.14. The fourth-order valence-corrected chi connectivity index (χ4v) is 11.8. The molecule has 0 saturated heterocycles. The number of rotatable bonds is 5. The topological polar surface area (TPSA) is 26.3 Å². The maximum absolute atomic E-state index is 11.1. The van der Waals surface area contributed by atoms with Crippen LogP contribution in [0.3, 0.4) is 0 Å². The van der Waals surface area contributed by atoms with Gasteiger partial charge in [-0.3, -0.25) is 0 Å². The van der Waals surface area contributed by atoms with Crippen LogP contribution in [-0.4, -0.2) is 32.9 Å². The van der Waals surface area contributed by atoms with Gasteiger partial charge in [-0.15, -0.1) is 0 Å². The number of halogens is 1. The zero-order valence-electron chi connectivity index (χ0n) is 8.02. The number of carbonyl (C=O) groups is 1. The Morgan fingerprint density at radius 1 is 1.25 bits per heavy atom. The normalized spacial score (nSPS) is 11.3. The molecule has 0 spiro atoms. The van der Waals surface area contributed by atoms with Crippen LogP contribution in [0.15, 0.2) is 0 Å². The SMILES string of the molecule is C[CH2][Pb]([CH2]C)([CH2]C)[O]C(=O)CBr. The first-order chi connectivity index (χ1) is 5.64. The molecule has 0 N–H and O–H groups in total. The van der Waals surface area contributed by atoms with Gasteiger partial charge in [-0.05, 0) is 0 Å². The molecule has 0 aromatic heterocycles. The van der Waals surface area contributed by atoms with Gasteiger partial charge in [-0.1, -0.05) is 0 Å². The Morgan fingerprint density at radius 3 is 1.92 bits per heavy atom. The van der Waals surface area contributed by atoms with Crippen molar-refractivity contribution < 1.29 is 7.48 Å². The van der Waals surface area contributed by atoms with Gasteiger partial charge >= 0.3 is 89.0 Å². The van der Waals surface area contributed by atoms with Crippen molar-refractivity contribution in [3.63, 3.8) is 0 Å². The number of alkyl halides is 1. The summed E-state index contributed by atoms with van der Waals surface area (Å²) in [5, 5.41) is 0.342. The molecule has 0 bridgehead atoms. The van der Waals surface area contributed by atoms with Crippen LogP contribution >= 0.6 is 15.9 Å². The van der Waals surface area contributed by atoms with Crippen molar-refractivity contribution in [2.75, 3.05) is 5.33 Å². The summed E-state index contributed by atoms with van der Waals surface area (Å²) in [5.41, 5.74) is 0. The van der Waals surface area contributed by atoms with Crippen molar-refractivity contribution in [1.29, 1.82) is 0 Å².